The lowest BCUT2D eigenvalue weighted by Crippen LogP contribution is -2.59. The van der Waals surface area contributed by atoms with Crippen LogP contribution in [0.5, 0.6) is 0 Å². The first-order valence-corrected chi connectivity index (χ1v) is 13.5. The first kappa shape index (κ1) is 27.2. The molecule has 6 nitrogen and oxygen atoms in total. The third-order valence-corrected chi connectivity index (χ3v) is 7.97. The zero-order valence-corrected chi connectivity index (χ0v) is 22.5. The fourth-order valence-electron chi connectivity index (χ4n) is 5.64. The van der Waals surface area contributed by atoms with Crippen molar-refractivity contribution in [3.05, 3.63) is 35.9 Å². The number of nitrogens with zero attached hydrogens (tertiary/aromatic N) is 1. The average Bonchev–Trinajstić information content (AvgIpc) is 3.22. The Morgan fingerprint density at radius 1 is 0.943 bits per heavy atom. The van der Waals surface area contributed by atoms with Crippen LogP contribution in [0.25, 0.3) is 0 Å². The van der Waals surface area contributed by atoms with Crippen molar-refractivity contribution < 1.29 is 14.4 Å². The molecule has 35 heavy (non-hydrogen) atoms. The first-order chi connectivity index (χ1) is 16.5. The van der Waals surface area contributed by atoms with Crippen molar-refractivity contribution in [2.24, 2.45) is 23.2 Å². The van der Waals surface area contributed by atoms with Crippen molar-refractivity contribution in [1.82, 2.24) is 15.5 Å². The molecule has 1 saturated heterocycles. The Labute approximate surface area is 211 Å². The molecule has 2 unspecified atom stereocenters. The van der Waals surface area contributed by atoms with Crippen molar-refractivity contribution in [2.45, 2.75) is 98.2 Å². The van der Waals surface area contributed by atoms with Gasteiger partial charge in [-0.2, -0.15) is 0 Å². The van der Waals surface area contributed by atoms with Crippen LogP contribution in [0, 0.1) is 23.2 Å². The smallest absolute Gasteiger partial charge is 0.316 e. The summed E-state index contributed by atoms with van der Waals surface area (Å²) in [6, 6.07) is 7.64. The van der Waals surface area contributed by atoms with Crippen LogP contribution < -0.4 is 10.6 Å². The van der Waals surface area contributed by atoms with Crippen molar-refractivity contribution in [2.75, 3.05) is 6.54 Å². The summed E-state index contributed by atoms with van der Waals surface area (Å²) in [4.78, 5) is 42.4. The quantitative estimate of drug-likeness (QED) is 0.508. The van der Waals surface area contributed by atoms with E-state index >= 15 is 0 Å². The van der Waals surface area contributed by atoms with Gasteiger partial charge in [0.25, 0.3) is 0 Å². The van der Waals surface area contributed by atoms with Gasteiger partial charge in [-0.05, 0) is 49.4 Å². The van der Waals surface area contributed by atoms with Gasteiger partial charge in [0, 0.05) is 18.2 Å². The van der Waals surface area contributed by atoms with Crippen LogP contribution in [0.15, 0.2) is 30.3 Å². The molecule has 3 amide bonds. The zero-order valence-electron chi connectivity index (χ0n) is 22.5. The monoisotopic (exact) mass is 483 g/mol. The van der Waals surface area contributed by atoms with Crippen LogP contribution in [0.1, 0.15) is 90.4 Å². The Balaban J connectivity index is 1.76. The molecule has 0 aromatic heterocycles. The molecule has 2 fully saturated rings. The second-order valence-electron chi connectivity index (χ2n) is 12.1. The second-order valence-corrected chi connectivity index (χ2v) is 12.1. The van der Waals surface area contributed by atoms with Crippen molar-refractivity contribution >= 4 is 17.7 Å². The van der Waals surface area contributed by atoms with Gasteiger partial charge >= 0.3 is 6.03 Å². The second kappa shape index (κ2) is 11.6. The van der Waals surface area contributed by atoms with Crippen LogP contribution >= 0.6 is 0 Å². The lowest BCUT2D eigenvalue weighted by molar-refractivity contribution is -0.136. The minimum atomic E-state index is -0.672. The Morgan fingerprint density at radius 2 is 1.57 bits per heavy atom. The van der Waals surface area contributed by atoms with Crippen LogP contribution in [0.4, 0.5) is 4.79 Å². The van der Waals surface area contributed by atoms with Crippen molar-refractivity contribution in [1.29, 1.82) is 0 Å². The van der Waals surface area contributed by atoms with Crippen molar-refractivity contribution in [3.8, 4) is 0 Å². The highest BCUT2D eigenvalue weighted by Crippen LogP contribution is 2.32. The number of hydrogen-bond acceptors (Lipinski definition) is 3. The summed E-state index contributed by atoms with van der Waals surface area (Å²) in [6.45, 7) is 13.2. The van der Waals surface area contributed by atoms with E-state index < -0.39 is 23.5 Å². The third-order valence-electron chi connectivity index (χ3n) is 7.97. The maximum Gasteiger partial charge on any atom is 0.316 e. The molecule has 0 spiro atoms. The van der Waals surface area contributed by atoms with Crippen LogP contribution in [0.2, 0.25) is 0 Å². The Kier molecular flexibility index (Phi) is 9.00. The molecule has 0 bridgehead atoms. The molecular formula is C29H45N3O3. The van der Waals surface area contributed by atoms with Gasteiger partial charge < -0.3 is 15.5 Å². The molecule has 1 heterocycles. The number of carbonyl (C=O) groups excluding carboxylic acids is 3. The van der Waals surface area contributed by atoms with E-state index in [1.807, 2.05) is 43.9 Å². The zero-order chi connectivity index (χ0) is 25.8. The van der Waals surface area contributed by atoms with Gasteiger partial charge in [0.15, 0.2) is 5.78 Å². The molecule has 1 saturated carbocycles. The molecule has 4 atom stereocenters. The summed E-state index contributed by atoms with van der Waals surface area (Å²) in [5, 5.41) is 5.98. The summed E-state index contributed by atoms with van der Waals surface area (Å²) in [5.41, 5.74) is 0.144. The predicted octanol–water partition coefficient (Wildman–Crippen LogP) is 5.43. The summed E-state index contributed by atoms with van der Waals surface area (Å²) in [6.07, 6.45) is 6.14. The number of nitrogens with one attached hydrogen (secondary N) is 2. The highest BCUT2D eigenvalue weighted by molar-refractivity contribution is 6.02. The summed E-state index contributed by atoms with van der Waals surface area (Å²) in [7, 11) is 0. The molecule has 194 valence electrons. The maximum absolute atomic E-state index is 13.7. The number of Topliss-reactive ketones (excluding diaryl/α,β-unsaturated/α-hetero) is 1. The summed E-state index contributed by atoms with van der Waals surface area (Å²) < 4.78 is 0. The molecular weight excluding hydrogens is 438 g/mol. The third kappa shape index (κ3) is 6.86. The largest absolute Gasteiger partial charge is 0.338 e. The summed E-state index contributed by atoms with van der Waals surface area (Å²) >= 11 is 0. The van der Waals surface area contributed by atoms with Crippen LogP contribution in [-0.2, 0) is 4.79 Å². The minimum absolute atomic E-state index is 0.0353. The number of benzene rings is 1. The van der Waals surface area contributed by atoms with E-state index in [0.717, 1.165) is 38.6 Å². The molecule has 3 rings (SSSR count). The number of rotatable bonds is 7. The highest BCUT2D eigenvalue weighted by atomic mass is 16.2. The topological polar surface area (TPSA) is 78.5 Å². The van der Waals surface area contributed by atoms with E-state index in [1.165, 1.54) is 6.42 Å². The van der Waals surface area contributed by atoms with E-state index in [1.54, 1.807) is 12.1 Å². The van der Waals surface area contributed by atoms with E-state index in [9.17, 15) is 14.4 Å². The van der Waals surface area contributed by atoms with Gasteiger partial charge in [0.2, 0.25) is 5.91 Å². The number of carbonyl (C=O) groups is 3. The highest BCUT2D eigenvalue weighted by Gasteiger charge is 2.42. The first-order valence-electron chi connectivity index (χ1n) is 13.5. The molecule has 1 aliphatic carbocycles. The lowest BCUT2D eigenvalue weighted by atomic mass is 9.81. The lowest BCUT2D eigenvalue weighted by Gasteiger charge is -2.36. The van der Waals surface area contributed by atoms with Crippen LogP contribution in [0.3, 0.4) is 0 Å². The minimum Gasteiger partial charge on any atom is -0.338 e. The number of ketones is 1. The number of urea groups is 1. The number of hydrogen-bond donors (Lipinski definition) is 2. The fraction of sp³-hybridized carbons (Fsp3) is 0.690. The molecule has 1 aromatic rings. The average molecular weight is 484 g/mol. The van der Waals surface area contributed by atoms with Gasteiger partial charge in [-0.1, -0.05) is 84.2 Å². The standard InChI is InChI=1S/C29H45N3O3/c1-19(2)23-17-20(3)32(18-23)27(34)26(29(4,5)6)31-28(35)30-24(21-13-9-7-10-14-21)25(33)22-15-11-8-12-16-22/h8,11-12,15-16,19-21,23-24,26H,7,9-10,13-14,17-18H2,1-6H3,(H2,30,31,35)/t20-,23-,24?,26?/m1/s1. The van der Waals surface area contributed by atoms with Crippen LogP contribution in [-0.4, -0.2) is 47.3 Å². The summed E-state index contributed by atoms with van der Waals surface area (Å²) in [5.74, 6) is 1.00. The molecule has 0 radical (unpaired) electrons. The van der Waals surface area contributed by atoms with E-state index in [4.69, 9.17) is 0 Å². The van der Waals surface area contributed by atoms with Gasteiger partial charge in [0.1, 0.15) is 6.04 Å². The predicted molar refractivity (Wildman–Crippen MR) is 140 cm³/mol. The molecule has 2 N–H and O–H groups in total. The van der Waals surface area contributed by atoms with Gasteiger partial charge in [-0.15, -0.1) is 0 Å². The van der Waals surface area contributed by atoms with Crippen molar-refractivity contribution in [3.63, 3.8) is 0 Å². The fourth-order valence-corrected chi connectivity index (χ4v) is 5.64. The normalized spacial score (nSPS) is 23.1. The van der Waals surface area contributed by atoms with Gasteiger partial charge in [0.05, 0.1) is 6.04 Å². The number of likely N-dealkylation sites (tertiary alicyclic amines) is 1. The Morgan fingerprint density at radius 3 is 2.11 bits per heavy atom. The molecule has 1 aliphatic heterocycles. The SMILES string of the molecule is CC(C)[C@@H]1C[C@@H](C)N(C(=O)C(NC(=O)NC(C(=O)c2ccccc2)C2CCCCC2)C(C)(C)C)C1. The Hall–Kier alpha value is -2.37. The Bertz CT molecular complexity index is 871. The molecule has 2 aliphatic rings. The van der Waals surface area contributed by atoms with E-state index in [2.05, 4.69) is 31.4 Å². The molecule has 1 aromatic carbocycles. The maximum atomic E-state index is 13.7. The van der Waals surface area contributed by atoms with E-state index in [-0.39, 0.29) is 23.7 Å². The van der Waals surface area contributed by atoms with Gasteiger partial charge in [-0.25, -0.2) is 4.79 Å². The van der Waals surface area contributed by atoms with Gasteiger partial charge in [-0.3, -0.25) is 9.59 Å². The van der Waals surface area contributed by atoms with E-state index in [0.29, 0.717) is 17.4 Å². The molecule has 6 heteroatoms. The number of amides is 3.